The zero-order valence-electron chi connectivity index (χ0n) is 26.9. The topological polar surface area (TPSA) is 97.0 Å². The molecule has 0 aliphatic rings. The van der Waals surface area contributed by atoms with Crippen LogP contribution in [-0.2, 0) is 14.3 Å². The summed E-state index contributed by atoms with van der Waals surface area (Å²) in [6.07, 6.45) is 11.0. The van der Waals surface area contributed by atoms with Crippen molar-refractivity contribution >= 4 is 23.6 Å². The molecule has 234 valence electrons. The first-order chi connectivity index (χ1) is 20.4. The zero-order valence-corrected chi connectivity index (χ0v) is 26.9. The predicted octanol–water partition coefficient (Wildman–Crippen LogP) is 7.09. The second-order valence-electron chi connectivity index (χ2n) is 12.1. The van der Waals surface area contributed by atoms with Gasteiger partial charge in [0.1, 0.15) is 23.4 Å². The molecule has 2 atom stereocenters. The molecule has 0 radical (unpaired) electrons. The molecule has 3 amide bonds. The Morgan fingerprint density at radius 2 is 1.53 bits per heavy atom. The molecule has 2 unspecified atom stereocenters. The summed E-state index contributed by atoms with van der Waals surface area (Å²) in [7, 11) is 1.58. The van der Waals surface area contributed by atoms with E-state index in [2.05, 4.69) is 23.5 Å². The van der Waals surface area contributed by atoms with Gasteiger partial charge in [0.25, 0.3) is 5.91 Å². The number of terminal acetylenes is 1. The summed E-state index contributed by atoms with van der Waals surface area (Å²) in [6.45, 7) is 11.5. The van der Waals surface area contributed by atoms with Crippen molar-refractivity contribution in [1.29, 1.82) is 0 Å². The average molecular weight is 592 g/mol. The molecule has 0 aromatic heterocycles. The van der Waals surface area contributed by atoms with Gasteiger partial charge in [0.15, 0.2) is 0 Å². The molecule has 2 N–H and O–H groups in total. The smallest absolute Gasteiger partial charge is 0.408 e. The van der Waals surface area contributed by atoms with E-state index in [1.165, 1.54) is 0 Å². The Kier molecular flexibility index (Phi) is 14.1. The van der Waals surface area contributed by atoms with E-state index in [-0.39, 0.29) is 17.7 Å². The highest BCUT2D eigenvalue weighted by Gasteiger charge is 2.37. The van der Waals surface area contributed by atoms with E-state index in [1.54, 1.807) is 81.3 Å². The van der Waals surface area contributed by atoms with E-state index >= 15 is 0 Å². The molecule has 2 rings (SSSR count). The molecular formula is C35H49N3O5. The molecule has 0 aliphatic heterocycles. The Hall–Kier alpha value is -3.99. The van der Waals surface area contributed by atoms with Crippen LogP contribution in [0.4, 0.5) is 10.5 Å². The summed E-state index contributed by atoms with van der Waals surface area (Å²) in [4.78, 5) is 42.8. The monoisotopic (exact) mass is 591 g/mol. The highest BCUT2D eigenvalue weighted by atomic mass is 16.6. The van der Waals surface area contributed by atoms with Crippen LogP contribution in [0.25, 0.3) is 0 Å². The number of ether oxygens (including phenoxy) is 2. The maximum atomic E-state index is 14.4. The maximum Gasteiger partial charge on any atom is 0.408 e. The number of carbonyl (C=O) groups excluding carboxylic acids is 3. The van der Waals surface area contributed by atoms with Crippen LogP contribution in [0.5, 0.6) is 5.75 Å². The van der Waals surface area contributed by atoms with Crippen molar-refractivity contribution in [3.8, 4) is 18.1 Å². The third-order valence-electron chi connectivity index (χ3n) is 6.95. The van der Waals surface area contributed by atoms with Crippen LogP contribution in [0.2, 0.25) is 0 Å². The number of methoxy groups -OCH3 is 1. The second kappa shape index (κ2) is 17.2. The first-order valence-electron chi connectivity index (χ1n) is 15.2. The van der Waals surface area contributed by atoms with Crippen LogP contribution >= 0.6 is 0 Å². The number of unbranched alkanes of at least 4 members (excludes halogenated alkanes) is 5. The van der Waals surface area contributed by atoms with Gasteiger partial charge in [0.05, 0.1) is 7.11 Å². The molecule has 43 heavy (non-hydrogen) atoms. The molecule has 0 bridgehead atoms. The minimum absolute atomic E-state index is 0.263. The molecule has 8 nitrogen and oxygen atoms in total. The summed E-state index contributed by atoms with van der Waals surface area (Å²) in [5.74, 6) is 2.27. The van der Waals surface area contributed by atoms with Crippen LogP contribution in [0.1, 0.15) is 97.2 Å². The van der Waals surface area contributed by atoms with Crippen molar-refractivity contribution in [3.63, 3.8) is 0 Å². The highest BCUT2D eigenvalue weighted by molar-refractivity contribution is 5.99. The minimum atomic E-state index is -0.973. The van der Waals surface area contributed by atoms with Crippen molar-refractivity contribution in [2.45, 2.75) is 97.8 Å². The molecule has 0 spiro atoms. The van der Waals surface area contributed by atoms with Gasteiger partial charge in [0, 0.05) is 17.8 Å². The minimum Gasteiger partial charge on any atom is -0.497 e. The first kappa shape index (κ1) is 35.2. The number of rotatable bonds is 15. The molecule has 2 aromatic rings. The maximum absolute atomic E-state index is 14.4. The van der Waals surface area contributed by atoms with E-state index in [0.717, 1.165) is 32.1 Å². The summed E-state index contributed by atoms with van der Waals surface area (Å²) in [5.41, 5.74) is 1.12. The second-order valence-corrected chi connectivity index (χ2v) is 12.1. The molecular weight excluding hydrogens is 542 g/mol. The molecule has 8 heteroatoms. The SMILES string of the molecule is C#Cc1ccc(C(C(=O)Nc2ccc(OC)cc2)N(CCCCCCCC)C(=O)C(NC(=O)OC(C)(C)C)C(C)C)cc1. The van der Waals surface area contributed by atoms with Crippen molar-refractivity contribution in [3.05, 3.63) is 59.7 Å². The summed E-state index contributed by atoms with van der Waals surface area (Å²) < 4.78 is 10.7. The number of hydrogen-bond donors (Lipinski definition) is 2. The van der Waals surface area contributed by atoms with E-state index in [1.807, 2.05) is 13.8 Å². The number of alkyl carbamates (subject to hydrolysis) is 1. The van der Waals surface area contributed by atoms with Crippen LogP contribution in [0.15, 0.2) is 48.5 Å². The fourth-order valence-electron chi connectivity index (χ4n) is 4.68. The van der Waals surface area contributed by atoms with Crippen molar-refractivity contribution in [2.24, 2.45) is 5.92 Å². The quantitative estimate of drug-likeness (QED) is 0.170. The van der Waals surface area contributed by atoms with E-state index in [0.29, 0.717) is 35.5 Å². The van der Waals surface area contributed by atoms with Gasteiger partial charge in [-0.3, -0.25) is 9.59 Å². The summed E-state index contributed by atoms with van der Waals surface area (Å²) in [5, 5.41) is 5.75. The van der Waals surface area contributed by atoms with Gasteiger partial charge in [-0.25, -0.2) is 4.79 Å². The van der Waals surface area contributed by atoms with Crippen LogP contribution in [0, 0.1) is 18.3 Å². The molecule has 0 saturated heterocycles. The molecule has 0 heterocycles. The van der Waals surface area contributed by atoms with Crippen molar-refractivity contribution < 1.29 is 23.9 Å². The first-order valence-corrected chi connectivity index (χ1v) is 15.2. The zero-order chi connectivity index (χ0) is 32.0. The molecule has 0 fully saturated rings. The lowest BCUT2D eigenvalue weighted by atomic mass is 9.97. The lowest BCUT2D eigenvalue weighted by Gasteiger charge is -2.35. The number of nitrogens with zero attached hydrogens (tertiary/aromatic N) is 1. The average Bonchev–Trinajstić information content (AvgIpc) is 2.96. The summed E-state index contributed by atoms with van der Waals surface area (Å²) in [6, 6.07) is 12.2. The number of nitrogens with one attached hydrogen (secondary N) is 2. The number of carbonyl (C=O) groups is 3. The van der Waals surface area contributed by atoms with Crippen molar-refractivity contribution in [1.82, 2.24) is 10.2 Å². The van der Waals surface area contributed by atoms with Crippen molar-refractivity contribution in [2.75, 3.05) is 19.0 Å². The lowest BCUT2D eigenvalue weighted by molar-refractivity contribution is -0.141. The molecule has 0 aliphatic carbocycles. The number of benzene rings is 2. The van der Waals surface area contributed by atoms with E-state index in [4.69, 9.17) is 15.9 Å². The Balaban J connectivity index is 2.51. The van der Waals surface area contributed by atoms with Crippen LogP contribution in [0.3, 0.4) is 0 Å². The van der Waals surface area contributed by atoms with Gasteiger partial charge in [-0.05, 0) is 75.1 Å². The van der Waals surface area contributed by atoms with Crippen LogP contribution in [-0.4, -0.2) is 48.1 Å². The van der Waals surface area contributed by atoms with Gasteiger partial charge < -0.3 is 25.0 Å². The third kappa shape index (κ3) is 11.7. The molecule has 2 aromatic carbocycles. The Morgan fingerprint density at radius 3 is 2.07 bits per heavy atom. The highest BCUT2D eigenvalue weighted by Crippen LogP contribution is 2.27. The van der Waals surface area contributed by atoms with Gasteiger partial charge in [-0.1, -0.05) is 70.9 Å². The predicted molar refractivity (Wildman–Crippen MR) is 172 cm³/mol. The Morgan fingerprint density at radius 1 is 0.930 bits per heavy atom. The van der Waals surface area contributed by atoms with Gasteiger partial charge in [-0.2, -0.15) is 0 Å². The van der Waals surface area contributed by atoms with Gasteiger partial charge in [-0.15, -0.1) is 6.42 Å². The largest absolute Gasteiger partial charge is 0.497 e. The number of hydrogen-bond acceptors (Lipinski definition) is 5. The van der Waals surface area contributed by atoms with E-state index < -0.39 is 23.8 Å². The number of amides is 3. The standard InChI is InChI=1S/C35H49N3O5/c1-9-11-12-13-14-15-24-38(33(40)30(25(3)4)37-34(41)43-35(5,6)7)31(27-18-16-26(10-2)17-19-27)32(39)36-28-20-22-29(42-8)23-21-28/h2,16-23,25,30-31H,9,11-15,24H2,1,3-8H3,(H,36,39)(H,37,41). The van der Waals surface area contributed by atoms with Gasteiger partial charge >= 0.3 is 6.09 Å². The van der Waals surface area contributed by atoms with Crippen LogP contribution < -0.4 is 15.4 Å². The Labute approximate surface area is 257 Å². The van der Waals surface area contributed by atoms with E-state index in [9.17, 15) is 14.4 Å². The fourth-order valence-corrected chi connectivity index (χ4v) is 4.68. The normalized spacial score (nSPS) is 12.5. The lowest BCUT2D eigenvalue weighted by Crippen LogP contribution is -2.54. The molecule has 0 saturated carbocycles. The third-order valence-corrected chi connectivity index (χ3v) is 6.95. The number of anilines is 1. The fraction of sp³-hybridized carbons (Fsp3) is 0.514. The Bertz CT molecular complexity index is 1210. The van der Waals surface area contributed by atoms with Gasteiger partial charge in [0.2, 0.25) is 5.91 Å². The summed E-state index contributed by atoms with van der Waals surface area (Å²) >= 11 is 0.